The van der Waals surface area contributed by atoms with Gasteiger partial charge in [-0.05, 0) is 49.9 Å². The number of unbranched alkanes of at least 4 members (excludes halogenated alkanes) is 1. The Kier molecular flexibility index (Phi) is 8.92. The van der Waals surface area contributed by atoms with Gasteiger partial charge in [0.2, 0.25) is 11.8 Å². The minimum Gasteiger partial charge on any atom is -0.497 e. The molecule has 8 heteroatoms. The molecule has 204 valence electrons. The van der Waals surface area contributed by atoms with E-state index in [0.29, 0.717) is 44.0 Å². The molecule has 0 aliphatic carbocycles. The number of anilines is 2. The number of carbonyl (C=O) groups is 3. The summed E-state index contributed by atoms with van der Waals surface area (Å²) < 4.78 is 5.24. The SMILES string of the molecule is CCCCC(CC)C(=O)N1CCC2(CC1)C(=O)N(CC(=O)Nc1cccc(OC)c1)CN2c1ccccc1. The number of nitrogens with zero attached hydrogens (tertiary/aromatic N) is 3. The second-order valence-corrected chi connectivity index (χ2v) is 10.3. The average Bonchev–Trinajstić information content (AvgIpc) is 3.20. The fourth-order valence-corrected chi connectivity index (χ4v) is 5.71. The predicted octanol–water partition coefficient (Wildman–Crippen LogP) is 4.52. The maximum Gasteiger partial charge on any atom is 0.250 e. The summed E-state index contributed by atoms with van der Waals surface area (Å²) in [6.07, 6.45) is 4.98. The molecule has 0 bridgehead atoms. The number of amides is 3. The highest BCUT2D eigenvalue weighted by Crippen LogP contribution is 2.40. The fraction of sp³-hybridized carbons (Fsp3) is 0.500. The van der Waals surface area contributed by atoms with Crippen molar-refractivity contribution in [3.05, 3.63) is 54.6 Å². The lowest BCUT2D eigenvalue weighted by molar-refractivity contribution is -0.141. The van der Waals surface area contributed by atoms with Crippen LogP contribution in [-0.2, 0) is 14.4 Å². The van der Waals surface area contributed by atoms with E-state index in [0.717, 1.165) is 31.4 Å². The number of hydrogen-bond donors (Lipinski definition) is 1. The van der Waals surface area contributed by atoms with Crippen molar-refractivity contribution in [3.63, 3.8) is 0 Å². The molecule has 0 radical (unpaired) electrons. The van der Waals surface area contributed by atoms with E-state index in [1.54, 1.807) is 24.1 Å². The largest absolute Gasteiger partial charge is 0.497 e. The van der Waals surface area contributed by atoms with Crippen molar-refractivity contribution >= 4 is 29.1 Å². The molecule has 2 aromatic carbocycles. The number of ether oxygens (including phenoxy) is 1. The molecule has 8 nitrogen and oxygen atoms in total. The molecular formula is C30H40N4O4. The second-order valence-electron chi connectivity index (χ2n) is 10.3. The van der Waals surface area contributed by atoms with E-state index < -0.39 is 5.54 Å². The van der Waals surface area contributed by atoms with Gasteiger partial charge in [0, 0.05) is 36.4 Å². The molecule has 1 unspecified atom stereocenters. The van der Waals surface area contributed by atoms with Crippen LogP contribution >= 0.6 is 0 Å². The van der Waals surface area contributed by atoms with Gasteiger partial charge in [0.1, 0.15) is 17.8 Å². The summed E-state index contributed by atoms with van der Waals surface area (Å²) in [7, 11) is 1.58. The molecule has 2 aromatic rings. The second kappa shape index (κ2) is 12.3. The van der Waals surface area contributed by atoms with Gasteiger partial charge in [-0.25, -0.2) is 0 Å². The Hall–Kier alpha value is -3.55. The first kappa shape index (κ1) is 27.5. The van der Waals surface area contributed by atoms with Crippen molar-refractivity contribution in [2.24, 2.45) is 5.92 Å². The molecule has 4 rings (SSSR count). The number of piperidine rings is 1. The highest BCUT2D eigenvalue weighted by molar-refractivity contribution is 5.99. The topological polar surface area (TPSA) is 82.2 Å². The number of methoxy groups -OCH3 is 1. The van der Waals surface area contributed by atoms with Crippen LogP contribution in [0, 0.1) is 5.92 Å². The van der Waals surface area contributed by atoms with E-state index in [1.807, 2.05) is 47.4 Å². The molecule has 3 amide bonds. The van der Waals surface area contributed by atoms with E-state index in [-0.39, 0.29) is 30.2 Å². The standard InChI is InChI=1S/C30H40N4O4/c1-4-6-11-23(5-2)28(36)32-18-16-30(17-19-32)29(37)33(22-34(30)25-13-8-7-9-14-25)21-27(35)31-24-12-10-15-26(20-24)38-3/h7-10,12-15,20,23H,4-6,11,16-19,21-22H2,1-3H3,(H,31,35). The summed E-state index contributed by atoms with van der Waals surface area (Å²) in [5, 5.41) is 2.88. The summed E-state index contributed by atoms with van der Waals surface area (Å²) in [6.45, 7) is 5.60. The number of likely N-dealkylation sites (tertiary alicyclic amines) is 1. The lowest BCUT2D eigenvalue weighted by Crippen LogP contribution is -2.58. The monoisotopic (exact) mass is 520 g/mol. The van der Waals surface area contributed by atoms with Crippen LogP contribution < -0.4 is 15.0 Å². The third-order valence-corrected chi connectivity index (χ3v) is 7.92. The van der Waals surface area contributed by atoms with E-state index in [2.05, 4.69) is 24.1 Å². The summed E-state index contributed by atoms with van der Waals surface area (Å²) in [5.41, 5.74) is 0.807. The Morgan fingerprint density at radius 1 is 1.05 bits per heavy atom. The van der Waals surface area contributed by atoms with Crippen molar-refractivity contribution in [3.8, 4) is 5.75 Å². The van der Waals surface area contributed by atoms with Crippen molar-refractivity contribution in [1.82, 2.24) is 9.80 Å². The van der Waals surface area contributed by atoms with Crippen molar-refractivity contribution in [1.29, 1.82) is 0 Å². The fourth-order valence-electron chi connectivity index (χ4n) is 5.71. The highest BCUT2D eigenvalue weighted by Gasteiger charge is 2.54. The van der Waals surface area contributed by atoms with Gasteiger partial charge in [-0.1, -0.05) is 51.0 Å². The summed E-state index contributed by atoms with van der Waals surface area (Å²) >= 11 is 0. The molecule has 2 aliphatic heterocycles. The van der Waals surface area contributed by atoms with E-state index in [1.165, 1.54) is 0 Å². The van der Waals surface area contributed by atoms with Crippen LogP contribution in [0.4, 0.5) is 11.4 Å². The smallest absolute Gasteiger partial charge is 0.250 e. The van der Waals surface area contributed by atoms with Crippen LogP contribution in [0.5, 0.6) is 5.75 Å². The predicted molar refractivity (Wildman–Crippen MR) is 149 cm³/mol. The average molecular weight is 521 g/mol. The quantitative estimate of drug-likeness (QED) is 0.498. The number of hydrogen-bond acceptors (Lipinski definition) is 5. The molecule has 0 saturated carbocycles. The lowest BCUT2D eigenvalue weighted by atomic mass is 9.84. The van der Waals surface area contributed by atoms with Crippen LogP contribution in [0.1, 0.15) is 52.4 Å². The Bertz CT molecular complexity index is 1110. The molecule has 2 aliphatic rings. The van der Waals surface area contributed by atoms with Crippen molar-refractivity contribution in [2.75, 3.05) is 43.6 Å². The Morgan fingerprint density at radius 2 is 1.79 bits per heavy atom. The van der Waals surface area contributed by atoms with E-state index in [9.17, 15) is 14.4 Å². The van der Waals surface area contributed by atoms with E-state index >= 15 is 0 Å². The Balaban J connectivity index is 1.49. The van der Waals surface area contributed by atoms with Crippen LogP contribution in [0.3, 0.4) is 0 Å². The molecule has 1 N–H and O–H groups in total. The third kappa shape index (κ3) is 5.79. The van der Waals surface area contributed by atoms with Gasteiger partial charge < -0.3 is 24.8 Å². The highest BCUT2D eigenvalue weighted by atomic mass is 16.5. The molecule has 2 saturated heterocycles. The summed E-state index contributed by atoms with van der Waals surface area (Å²) in [5.74, 6) is 0.598. The number of nitrogens with one attached hydrogen (secondary N) is 1. The zero-order valence-electron chi connectivity index (χ0n) is 22.8. The van der Waals surface area contributed by atoms with Crippen molar-refractivity contribution < 1.29 is 19.1 Å². The molecular weight excluding hydrogens is 480 g/mol. The number of carbonyl (C=O) groups excluding carboxylic acids is 3. The maximum atomic E-state index is 13.9. The molecule has 2 heterocycles. The number of rotatable bonds is 10. The zero-order valence-corrected chi connectivity index (χ0v) is 22.8. The van der Waals surface area contributed by atoms with Crippen LogP contribution in [-0.4, -0.2) is 66.5 Å². The summed E-state index contributed by atoms with van der Waals surface area (Å²) in [4.78, 5) is 45.9. The van der Waals surface area contributed by atoms with E-state index in [4.69, 9.17) is 4.74 Å². The van der Waals surface area contributed by atoms with Gasteiger partial charge in [-0.2, -0.15) is 0 Å². The first-order valence-electron chi connectivity index (χ1n) is 13.8. The van der Waals surface area contributed by atoms with Gasteiger partial charge >= 0.3 is 0 Å². The van der Waals surface area contributed by atoms with Crippen LogP contribution in [0.2, 0.25) is 0 Å². The Morgan fingerprint density at radius 3 is 2.45 bits per heavy atom. The van der Waals surface area contributed by atoms with Gasteiger partial charge in [0.15, 0.2) is 0 Å². The van der Waals surface area contributed by atoms with Crippen LogP contribution in [0.25, 0.3) is 0 Å². The number of para-hydroxylation sites is 1. The number of benzene rings is 2. The molecule has 1 spiro atoms. The third-order valence-electron chi connectivity index (χ3n) is 7.92. The first-order chi connectivity index (χ1) is 18.4. The summed E-state index contributed by atoms with van der Waals surface area (Å²) in [6, 6.07) is 17.0. The lowest BCUT2D eigenvalue weighted by Gasteiger charge is -2.44. The molecule has 2 fully saturated rings. The zero-order chi connectivity index (χ0) is 27.1. The first-order valence-corrected chi connectivity index (χ1v) is 13.8. The van der Waals surface area contributed by atoms with Crippen molar-refractivity contribution in [2.45, 2.75) is 57.9 Å². The van der Waals surface area contributed by atoms with Gasteiger partial charge in [-0.15, -0.1) is 0 Å². The maximum absolute atomic E-state index is 13.9. The molecule has 38 heavy (non-hydrogen) atoms. The Labute approximate surface area is 225 Å². The minimum atomic E-state index is -0.764. The molecule has 1 atom stereocenters. The van der Waals surface area contributed by atoms with Gasteiger partial charge in [-0.3, -0.25) is 14.4 Å². The molecule has 0 aromatic heterocycles. The van der Waals surface area contributed by atoms with Gasteiger partial charge in [0.05, 0.1) is 13.8 Å². The normalized spacial score (nSPS) is 17.6. The van der Waals surface area contributed by atoms with Gasteiger partial charge in [0.25, 0.3) is 5.91 Å². The minimum absolute atomic E-state index is 0.0430. The van der Waals surface area contributed by atoms with Crippen LogP contribution in [0.15, 0.2) is 54.6 Å².